The van der Waals surface area contributed by atoms with Gasteiger partial charge in [-0.3, -0.25) is 14.3 Å². The number of aromatic amines is 1. The zero-order valence-electron chi connectivity index (χ0n) is 9.62. The summed E-state index contributed by atoms with van der Waals surface area (Å²) in [6, 6.07) is 1.03. The Morgan fingerprint density at radius 2 is 2.26 bits per heavy atom. The Hall–Kier alpha value is -1.77. The first-order chi connectivity index (χ1) is 8.88. The van der Waals surface area contributed by atoms with Crippen LogP contribution in [0.5, 0.6) is 0 Å². The first-order valence-electron chi connectivity index (χ1n) is 5.56. The fourth-order valence-electron chi connectivity index (χ4n) is 2.61. The van der Waals surface area contributed by atoms with Gasteiger partial charge in [-0.2, -0.15) is 0 Å². The third kappa shape index (κ3) is 1.20. The molecule has 2 fully saturated rings. The Kier molecular flexibility index (Phi) is 2.20. The molecule has 1 aliphatic heterocycles. The van der Waals surface area contributed by atoms with Crippen LogP contribution in [-0.4, -0.2) is 43.2 Å². The highest BCUT2D eigenvalue weighted by atomic mass is 19.1. The molecule has 2 heterocycles. The number of alkyl halides is 1. The van der Waals surface area contributed by atoms with Crippen LogP contribution in [0, 0.1) is 0 Å². The number of nitrogens with one attached hydrogen (secondary N) is 1. The number of ether oxygens (including phenoxy) is 1. The molecule has 8 heteroatoms. The van der Waals surface area contributed by atoms with Gasteiger partial charge in [0.1, 0.15) is 6.10 Å². The maximum Gasteiger partial charge on any atom is 0.330 e. The molecule has 1 aliphatic carbocycles. The van der Waals surface area contributed by atoms with Crippen LogP contribution in [0.1, 0.15) is 6.23 Å². The number of aliphatic hydroxyl groups excluding tert-OH is 1. The van der Waals surface area contributed by atoms with Gasteiger partial charge < -0.3 is 14.9 Å². The zero-order chi connectivity index (χ0) is 14.0. The van der Waals surface area contributed by atoms with Gasteiger partial charge in [0.05, 0.1) is 0 Å². The molecule has 1 saturated heterocycles. The lowest BCUT2D eigenvalue weighted by Gasteiger charge is -2.21. The van der Waals surface area contributed by atoms with Crippen LogP contribution in [0.3, 0.4) is 0 Å². The summed E-state index contributed by atoms with van der Waals surface area (Å²) in [5.41, 5.74) is -5.22. The lowest BCUT2D eigenvalue weighted by molar-refractivity contribution is -0.0801. The van der Waals surface area contributed by atoms with Crippen molar-refractivity contribution < 1.29 is 19.3 Å². The molecule has 0 radical (unpaired) electrons. The summed E-state index contributed by atoms with van der Waals surface area (Å²) >= 11 is 0. The third-order valence-corrected chi connectivity index (χ3v) is 3.78. The van der Waals surface area contributed by atoms with Crippen LogP contribution in [0.4, 0.5) is 4.39 Å². The Balaban J connectivity index is 2.04. The summed E-state index contributed by atoms with van der Waals surface area (Å²) in [7, 11) is 0. The molecule has 1 unspecified atom stereocenters. The summed E-state index contributed by atoms with van der Waals surface area (Å²) in [6.07, 6.45) is -2.71. The fourth-order valence-corrected chi connectivity index (χ4v) is 2.61. The molecule has 3 N–H and O–H groups in total. The molecule has 0 spiro atoms. The summed E-state index contributed by atoms with van der Waals surface area (Å²) in [5.74, 6) is 0. The second kappa shape index (κ2) is 3.41. The highest BCUT2D eigenvalue weighted by molar-refractivity contribution is 5.41. The number of H-pyrrole nitrogens is 1. The van der Waals surface area contributed by atoms with E-state index in [0.29, 0.717) is 0 Å². The van der Waals surface area contributed by atoms with Gasteiger partial charge in [0.25, 0.3) is 5.56 Å². The average molecular weight is 270 g/mol. The lowest BCUT2D eigenvalue weighted by atomic mass is 10.1. The highest BCUT2D eigenvalue weighted by Crippen LogP contribution is 2.63. The quantitative estimate of drug-likeness (QED) is 0.563. The Bertz CT molecular complexity index is 670. The average Bonchev–Trinajstić information content (AvgIpc) is 2.73. The van der Waals surface area contributed by atoms with E-state index in [0.717, 1.165) is 22.9 Å². The van der Waals surface area contributed by atoms with Crippen molar-refractivity contribution in [1.82, 2.24) is 9.55 Å². The molecule has 7 nitrogen and oxygen atoms in total. The summed E-state index contributed by atoms with van der Waals surface area (Å²) in [6.45, 7) is 3.39. The first kappa shape index (κ1) is 12.3. The summed E-state index contributed by atoms with van der Waals surface area (Å²) in [4.78, 5) is 24.5. The summed E-state index contributed by atoms with van der Waals surface area (Å²) < 4.78 is 20.3. The number of nitrogens with zero attached hydrogens (tertiary/aromatic N) is 1. The van der Waals surface area contributed by atoms with Crippen molar-refractivity contribution in [2.45, 2.75) is 29.7 Å². The van der Waals surface area contributed by atoms with Gasteiger partial charge in [0, 0.05) is 12.3 Å². The Morgan fingerprint density at radius 3 is 2.79 bits per heavy atom. The van der Waals surface area contributed by atoms with E-state index in [4.69, 9.17) is 4.74 Å². The van der Waals surface area contributed by atoms with Gasteiger partial charge in [-0.25, -0.2) is 9.18 Å². The van der Waals surface area contributed by atoms with Crippen LogP contribution in [0.2, 0.25) is 0 Å². The van der Waals surface area contributed by atoms with Crippen molar-refractivity contribution in [2.24, 2.45) is 0 Å². The maximum atomic E-state index is 14.2. The first-order valence-corrected chi connectivity index (χ1v) is 5.56. The number of halogens is 1. The van der Waals surface area contributed by atoms with Gasteiger partial charge in [0.15, 0.2) is 23.6 Å². The smallest absolute Gasteiger partial charge is 0.330 e. The lowest BCUT2D eigenvalue weighted by Crippen LogP contribution is -2.39. The van der Waals surface area contributed by atoms with E-state index in [1.807, 2.05) is 4.98 Å². The monoisotopic (exact) mass is 270 g/mol. The predicted molar refractivity (Wildman–Crippen MR) is 60.2 cm³/mol. The molecule has 3 rings (SSSR count). The van der Waals surface area contributed by atoms with Crippen LogP contribution in [-0.2, 0) is 4.74 Å². The maximum absolute atomic E-state index is 14.2. The molecule has 2 aliphatic rings. The summed E-state index contributed by atoms with van der Waals surface area (Å²) in [5, 5.41) is 19.6. The minimum absolute atomic E-state index is 0.628. The van der Waals surface area contributed by atoms with Crippen LogP contribution >= 0.6 is 0 Å². The van der Waals surface area contributed by atoms with E-state index >= 15 is 0 Å². The van der Waals surface area contributed by atoms with Crippen LogP contribution < -0.4 is 11.2 Å². The van der Waals surface area contributed by atoms with Crippen molar-refractivity contribution in [1.29, 1.82) is 0 Å². The topological polar surface area (TPSA) is 105 Å². The van der Waals surface area contributed by atoms with E-state index in [1.165, 1.54) is 0 Å². The standard InChI is InChI=1S/C11H11FN2O5/c1-2-10-8(16)11(10,18)6(12)7(19-10)14-4-3-5(15)13-9(14)17/h2-4,6-8,16,18H,1H2,(H,13,15,17)/t6-,7+,8?,10+,11+/m0/s1. The van der Waals surface area contributed by atoms with Gasteiger partial charge in [-0.15, -0.1) is 6.58 Å². The van der Waals surface area contributed by atoms with Gasteiger partial charge in [-0.1, -0.05) is 6.08 Å². The number of hydrogen-bond donors (Lipinski definition) is 3. The fraction of sp³-hybridized carbons (Fsp3) is 0.455. The minimum Gasteiger partial charge on any atom is -0.386 e. The van der Waals surface area contributed by atoms with Crippen LogP contribution in [0.25, 0.3) is 0 Å². The third-order valence-electron chi connectivity index (χ3n) is 3.78. The molecule has 1 aromatic heterocycles. The second-order valence-corrected chi connectivity index (χ2v) is 4.65. The molecular formula is C11H11FN2O5. The molecule has 0 amide bonds. The molecule has 1 aromatic rings. The second-order valence-electron chi connectivity index (χ2n) is 4.65. The molecule has 0 aromatic carbocycles. The number of hydrogen-bond acceptors (Lipinski definition) is 5. The molecule has 19 heavy (non-hydrogen) atoms. The van der Waals surface area contributed by atoms with Crippen molar-refractivity contribution in [3.05, 3.63) is 45.8 Å². The normalized spacial score (nSPS) is 43.8. The van der Waals surface area contributed by atoms with Gasteiger partial charge >= 0.3 is 5.69 Å². The van der Waals surface area contributed by atoms with E-state index in [-0.39, 0.29) is 0 Å². The van der Waals surface area contributed by atoms with Crippen molar-refractivity contribution in [3.63, 3.8) is 0 Å². The van der Waals surface area contributed by atoms with E-state index < -0.39 is 41.0 Å². The molecule has 0 bridgehead atoms. The van der Waals surface area contributed by atoms with Crippen molar-refractivity contribution >= 4 is 0 Å². The number of aliphatic hydroxyl groups is 2. The van der Waals surface area contributed by atoms with E-state index in [2.05, 4.69) is 6.58 Å². The van der Waals surface area contributed by atoms with Crippen LogP contribution in [0.15, 0.2) is 34.5 Å². The van der Waals surface area contributed by atoms with E-state index in [1.54, 1.807) is 0 Å². The molecular weight excluding hydrogens is 259 g/mol. The molecule has 102 valence electrons. The van der Waals surface area contributed by atoms with Crippen molar-refractivity contribution in [2.75, 3.05) is 0 Å². The Morgan fingerprint density at radius 1 is 1.58 bits per heavy atom. The predicted octanol–water partition coefficient (Wildman–Crippen LogP) is -1.57. The van der Waals surface area contributed by atoms with Crippen molar-refractivity contribution in [3.8, 4) is 0 Å². The largest absolute Gasteiger partial charge is 0.386 e. The van der Waals surface area contributed by atoms with E-state index in [9.17, 15) is 24.2 Å². The van der Waals surface area contributed by atoms with Gasteiger partial charge in [0.2, 0.25) is 0 Å². The number of rotatable bonds is 2. The molecule has 5 atom stereocenters. The zero-order valence-corrected chi connectivity index (χ0v) is 9.62. The number of fused-ring (bicyclic) bond motifs is 1. The Labute approximate surface area is 105 Å². The highest BCUT2D eigenvalue weighted by Gasteiger charge is 2.87. The number of aromatic nitrogens is 2. The minimum atomic E-state index is -2.12. The van der Waals surface area contributed by atoms with Gasteiger partial charge in [-0.05, 0) is 0 Å². The SMILES string of the molecule is C=C[C@]12O[C@@H](n3ccc(=O)[nH]c3=O)[C@H](F)[C@@]1(O)C2O. The molecule has 1 saturated carbocycles.